The van der Waals surface area contributed by atoms with Crippen molar-refractivity contribution < 1.29 is 17.9 Å². The van der Waals surface area contributed by atoms with Crippen LogP contribution in [0.15, 0.2) is 35.2 Å². The number of ether oxygens (including phenoxy) is 2. The summed E-state index contributed by atoms with van der Waals surface area (Å²) in [5.41, 5.74) is 4.02. The molecule has 2 aromatic carbocycles. The van der Waals surface area contributed by atoms with Gasteiger partial charge in [0.1, 0.15) is 4.90 Å². The van der Waals surface area contributed by atoms with Crippen LogP contribution in [0, 0.1) is 0 Å². The lowest BCUT2D eigenvalue weighted by Gasteiger charge is -2.36. The van der Waals surface area contributed by atoms with Crippen LogP contribution < -0.4 is 9.47 Å². The molecule has 4 rings (SSSR count). The van der Waals surface area contributed by atoms with Crippen LogP contribution in [-0.2, 0) is 22.9 Å². The lowest BCUT2D eigenvalue weighted by atomic mass is 9.92. The lowest BCUT2D eigenvalue weighted by molar-refractivity contribution is 0.179. The molecule has 0 radical (unpaired) electrons. The Morgan fingerprint density at radius 3 is 2.66 bits per heavy atom. The summed E-state index contributed by atoms with van der Waals surface area (Å²) >= 11 is 6.17. The molecule has 2 aromatic rings. The van der Waals surface area contributed by atoms with Crippen LogP contribution in [0.4, 0.5) is 0 Å². The van der Waals surface area contributed by atoms with Crippen molar-refractivity contribution in [1.29, 1.82) is 0 Å². The van der Waals surface area contributed by atoms with Gasteiger partial charge in [-0.15, -0.1) is 0 Å². The quantitative estimate of drug-likeness (QED) is 0.537. The zero-order valence-electron chi connectivity index (χ0n) is 18.9. The lowest BCUT2D eigenvalue weighted by Crippen LogP contribution is -2.38. The predicted molar refractivity (Wildman–Crippen MR) is 126 cm³/mol. The van der Waals surface area contributed by atoms with Crippen molar-refractivity contribution in [3.63, 3.8) is 0 Å². The van der Waals surface area contributed by atoms with E-state index in [1.807, 2.05) is 6.92 Å². The molecule has 6 nitrogen and oxygen atoms in total. The molecule has 0 saturated carbocycles. The minimum Gasteiger partial charge on any atom is -0.493 e. The molecule has 1 aliphatic heterocycles. The van der Waals surface area contributed by atoms with Crippen LogP contribution in [0.2, 0.25) is 5.02 Å². The van der Waals surface area contributed by atoms with Crippen molar-refractivity contribution in [2.45, 2.75) is 43.5 Å². The zero-order chi connectivity index (χ0) is 22.9. The fourth-order valence-corrected chi connectivity index (χ4v) is 7.16. The maximum atomic E-state index is 13.1. The van der Waals surface area contributed by atoms with E-state index in [1.54, 1.807) is 38.5 Å². The largest absolute Gasteiger partial charge is 0.493 e. The van der Waals surface area contributed by atoms with Crippen molar-refractivity contribution in [1.82, 2.24) is 9.21 Å². The van der Waals surface area contributed by atoms with Gasteiger partial charge in [-0.25, -0.2) is 8.42 Å². The fraction of sp³-hybridized carbons (Fsp3) is 0.500. The second-order valence-electron chi connectivity index (χ2n) is 8.28. The minimum atomic E-state index is -3.61. The van der Waals surface area contributed by atoms with Gasteiger partial charge in [0.15, 0.2) is 11.5 Å². The highest BCUT2D eigenvalue weighted by molar-refractivity contribution is 7.89. The minimum absolute atomic E-state index is 0.178. The van der Waals surface area contributed by atoms with Crippen LogP contribution in [0.5, 0.6) is 11.5 Å². The van der Waals surface area contributed by atoms with Gasteiger partial charge in [-0.2, -0.15) is 4.31 Å². The summed E-state index contributed by atoms with van der Waals surface area (Å²) in [5.74, 6) is 1.68. The van der Waals surface area contributed by atoms with Crippen LogP contribution >= 0.6 is 11.6 Å². The van der Waals surface area contributed by atoms with Crippen LogP contribution in [0.3, 0.4) is 0 Å². The van der Waals surface area contributed by atoms with E-state index in [2.05, 4.69) is 11.0 Å². The maximum absolute atomic E-state index is 13.1. The normalized spacial score (nSPS) is 18.1. The maximum Gasteiger partial charge on any atom is 0.244 e. The molecule has 0 fully saturated rings. The number of hydrogen-bond donors (Lipinski definition) is 0. The van der Waals surface area contributed by atoms with Crippen molar-refractivity contribution in [2.24, 2.45) is 0 Å². The number of halogens is 1. The Labute approximate surface area is 196 Å². The summed E-state index contributed by atoms with van der Waals surface area (Å²) in [7, 11) is -0.215. The topological polar surface area (TPSA) is 59.1 Å². The highest BCUT2D eigenvalue weighted by Gasteiger charge is 2.36. The highest BCUT2D eigenvalue weighted by atomic mass is 35.5. The molecular weight excluding hydrogens is 448 g/mol. The molecule has 0 spiro atoms. The van der Waals surface area contributed by atoms with E-state index in [0.29, 0.717) is 19.1 Å². The first-order valence-corrected chi connectivity index (χ1v) is 13.0. The van der Waals surface area contributed by atoms with Crippen molar-refractivity contribution in [3.05, 3.63) is 52.0 Å². The Morgan fingerprint density at radius 1 is 1.19 bits per heavy atom. The molecule has 0 amide bonds. The number of benzene rings is 2. The Bertz CT molecular complexity index is 1090. The third-order valence-corrected chi connectivity index (χ3v) is 9.14. The van der Waals surface area contributed by atoms with Gasteiger partial charge in [0.05, 0.1) is 19.2 Å². The van der Waals surface area contributed by atoms with Gasteiger partial charge >= 0.3 is 0 Å². The van der Waals surface area contributed by atoms with Crippen LogP contribution in [0.1, 0.15) is 42.5 Å². The Hall–Kier alpha value is -1.80. The van der Waals surface area contributed by atoms with Gasteiger partial charge in [0.25, 0.3) is 0 Å². The summed E-state index contributed by atoms with van der Waals surface area (Å²) in [6.07, 6.45) is 3.77. The number of nitrogens with zero attached hydrogens (tertiary/aromatic N) is 2. The molecule has 0 unspecified atom stereocenters. The smallest absolute Gasteiger partial charge is 0.244 e. The molecule has 1 heterocycles. The molecule has 0 saturated heterocycles. The van der Waals surface area contributed by atoms with Crippen molar-refractivity contribution >= 4 is 21.6 Å². The molecule has 8 heteroatoms. The highest BCUT2D eigenvalue weighted by Crippen LogP contribution is 2.48. The molecule has 1 atom stereocenters. The Morgan fingerprint density at radius 2 is 1.97 bits per heavy atom. The van der Waals surface area contributed by atoms with Gasteiger partial charge in [-0.1, -0.05) is 30.7 Å². The van der Waals surface area contributed by atoms with Crippen molar-refractivity contribution in [2.75, 3.05) is 40.4 Å². The number of sulfonamides is 1. The molecule has 0 N–H and O–H groups in total. The Balaban J connectivity index is 1.46. The average molecular weight is 479 g/mol. The standard InChI is InChI=1S/C24H31ClN2O4S/c1-4-27(32(28,29)22-9-6-5-8-19(22)25)14-7-13-26-15-12-17-16-21(30-2)24(31-3)18-10-11-20(26)23(17)18/h5-6,8-9,16,20H,4,7,10-15H2,1-3H3/t20-/m1/s1. The molecule has 0 aromatic heterocycles. The average Bonchev–Trinajstić information content (AvgIpc) is 3.24. The van der Waals surface area contributed by atoms with Gasteiger partial charge in [0, 0.05) is 37.8 Å². The first kappa shape index (κ1) is 23.4. The van der Waals surface area contributed by atoms with E-state index >= 15 is 0 Å². The summed E-state index contributed by atoms with van der Waals surface area (Å²) in [5, 5.41) is 0.265. The second kappa shape index (κ2) is 9.59. The number of rotatable bonds is 9. The molecule has 2 aliphatic rings. The summed E-state index contributed by atoms with van der Waals surface area (Å²) in [6, 6.07) is 9.13. The van der Waals surface area contributed by atoms with Gasteiger partial charge in [0.2, 0.25) is 10.0 Å². The van der Waals surface area contributed by atoms with E-state index in [4.69, 9.17) is 21.1 Å². The number of hydrogen-bond acceptors (Lipinski definition) is 5. The second-order valence-corrected chi connectivity index (χ2v) is 10.6. The summed E-state index contributed by atoms with van der Waals surface area (Å²) < 4.78 is 38.9. The SMILES string of the molecule is CCN(CCCN1CCc2cc(OC)c(OC)c3c2[C@H]1CC3)S(=O)(=O)c1ccccc1Cl. The fourth-order valence-electron chi connectivity index (χ4n) is 5.18. The monoisotopic (exact) mass is 478 g/mol. The predicted octanol–water partition coefficient (Wildman–Crippen LogP) is 4.30. The van der Waals surface area contributed by atoms with E-state index in [1.165, 1.54) is 21.0 Å². The summed E-state index contributed by atoms with van der Waals surface area (Å²) in [6.45, 7) is 4.58. The Kier molecular flexibility index (Phi) is 7.00. The van der Waals surface area contributed by atoms with Gasteiger partial charge in [-0.3, -0.25) is 4.90 Å². The molecule has 0 bridgehead atoms. The third-order valence-electron chi connectivity index (χ3n) is 6.67. The van der Waals surface area contributed by atoms with E-state index < -0.39 is 10.0 Å². The zero-order valence-corrected chi connectivity index (χ0v) is 20.5. The third kappa shape index (κ3) is 4.12. The molecular formula is C24H31ClN2O4S. The first-order valence-electron chi connectivity index (χ1n) is 11.2. The van der Waals surface area contributed by atoms with Gasteiger partial charge in [-0.05, 0) is 55.0 Å². The van der Waals surface area contributed by atoms with E-state index in [-0.39, 0.29) is 9.92 Å². The van der Waals surface area contributed by atoms with E-state index in [9.17, 15) is 8.42 Å². The van der Waals surface area contributed by atoms with E-state index in [0.717, 1.165) is 50.3 Å². The molecule has 32 heavy (non-hydrogen) atoms. The molecule has 174 valence electrons. The van der Waals surface area contributed by atoms with Gasteiger partial charge < -0.3 is 9.47 Å². The van der Waals surface area contributed by atoms with Crippen LogP contribution in [-0.4, -0.2) is 58.0 Å². The summed E-state index contributed by atoms with van der Waals surface area (Å²) in [4.78, 5) is 2.68. The molecule has 1 aliphatic carbocycles. The first-order chi connectivity index (χ1) is 15.4. The van der Waals surface area contributed by atoms with Crippen LogP contribution in [0.25, 0.3) is 0 Å². The van der Waals surface area contributed by atoms with Crippen molar-refractivity contribution in [3.8, 4) is 11.5 Å². The number of methoxy groups -OCH3 is 2.